The van der Waals surface area contributed by atoms with Gasteiger partial charge in [0.25, 0.3) is 5.91 Å². The summed E-state index contributed by atoms with van der Waals surface area (Å²) in [6.45, 7) is 3.83. The molecular weight excluding hydrogens is 192 g/mol. The largest absolute Gasteiger partial charge is 0.350 e. The molecule has 0 aliphatic carbocycles. The Kier molecular flexibility index (Phi) is 2.37. The van der Waals surface area contributed by atoms with Crippen molar-refractivity contribution in [3.8, 4) is 0 Å². The molecule has 78 valence electrons. The Hall–Kier alpha value is -1.91. The summed E-state index contributed by atoms with van der Waals surface area (Å²) >= 11 is 0. The number of hydrogen-bond acceptors (Lipinski definition) is 3. The molecule has 0 fully saturated rings. The number of hydrogen-bond donors (Lipinski definition) is 1. The van der Waals surface area contributed by atoms with Crippen molar-refractivity contribution in [2.75, 3.05) is 0 Å². The Morgan fingerprint density at radius 2 is 2.33 bits per heavy atom. The van der Waals surface area contributed by atoms with E-state index in [4.69, 9.17) is 0 Å². The Morgan fingerprint density at radius 3 is 3.07 bits per heavy atom. The van der Waals surface area contributed by atoms with Crippen molar-refractivity contribution in [3.63, 3.8) is 0 Å². The molecule has 0 saturated carbocycles. The van der Waals surface area contributed by atoms with Crippen LogP contribution in [0.3, 0.4) is 0 Å². The van der Waals surface area contributed by atoms with E-state index >= 15 is 0 Å². The standard InChI is InChI=1S/C10H12N4O/c1-7(2)13-10(15)8-6-12-14-5-3-4-11-9(8)14/h3-7H,1-2H3,(H,13,15). The molecule has 2 aromatic rings. The fourth-order valence-electron chi connectivity index (χ4n) is 1.33. The highest BCUT2D eigenvalue weighted by Crippen LogP contribution is 2.06. The fraction of sp³-hybridized carbons (Fsp3) is 0.300. The number of nitrogens with zero attached hydrogens (tertiary/aromatic N) is 3. The van der Waals surface area contributed by atoms with Gasteiger partial charge < -0.3 is 5.32 Å². The molecule has 0 radical (unpaired) electrons. The number of amides is 1. The van der Waals surface area contributed by atoms with Crippen LogP contribution < -0.4 is 5.32 Å². The zero-order valence-electron chi connectivity index (χ0n) is 8.64. The maximum absolute atomic E-state index is 11.7. The van der Waals surface area contributed by atoms with Crippen molar-refractivity contribution < 1.29 is 4.79 Å². The van der Waals surface area contributed by atoms with Crippen molar-refractivity contribution in [1.82, 2.24) is 19.9 Å². The molecule has 5 heteroatoms. The first kappa shape index (κ1) is 9.64. The van der Waals surface area contributed by atoms with Crippen molar-refractivity contribution in [3.05, 3.63) is 30.2 Å². The minimum atomic E-state index is -0.140. The van der Waals surface area contributed by atoms with Gasteiger partial charge in [-0.3, -0.25) is 4.79 Å². The molecule has 0 saturated heterocycles. The second-order valence-electron chi connectivity index (χ2n) is 3.57. The topological polar surface area (TPSA) is 59.3 Å². The van der Waals surface area contributed by atoms with E-state index in [2.05, 4.69) is 15.4 Å². The van der Waals surface area contributed by atoms with Crippen LogP contribution in [-0.4, -0.2) is 26.5 Å². The number of fused-ring (bicyclic) bond motifs is 1. The van der Waals surface area contributed by atoms with Crippen LogP contribution in [0.2, 0.25) is 0 Å². The molecule has 0 spiro atoms. The molecule has 0 bridgehead atoms. The molecule has 2 aromatic heterocycles. The zero-order valence-corrected chi connectivity index (χ0v) is 8.64. The Balaban J connectivity index is 2.40. The van der Waals surface area contributed by atoms with E-state index in [1.807, 2.05) is 13.8 Å². The molecule has 5 nitrogen and oxygen atoms in total. The third kappa shape index (κ3) is 1.81. The SMILES string of the molecule is CC(C)NC(=O)c1cnn2cccnc12. The Bertz CT molecular complexity index is 489. The van der Waals surface area contributed by atoms with Crippen molar-refractivity contribution in [2.45, 2.75) is 19.9 Å². The van der Waals surface area contributed by atoms with Gasteiger partial charge in [-0.1, -0.05) is 0 Å². The van der Waals surface area contributed by atoms with Crippen LogP contribution in [0.25, 0.3) is 5.65 Å². The summed E-state index contributed by atoms with van der Waals surface area (Å²) in [7, 11) is 0. The quantitative estimate of drug-likeness (QED) is 0.789. The fourth-order valence-corrected chi connectivity index (χ4v) is 1.33. The zero-order chi connectivity index (χ0) is 10.8. The van der Waals surface area contributed by atoms with Crippen LogP contribution in [0.15, 0.2) is 24.7 Å². The number of carbonyl (C=O) groups is 1. The average Bonchev–Trinajstić information content (AvgIpc) is 2.59. The number of aromatic nitrogens is 3. The third-order valence-corrected chi connectivity index (χ3v) is 1.94. The van der Waals surface area contributed by atoms with Crippen LogP contribution in [0.4, 0.5) is 0 Å². The lowest BCUT2D eigenvalue weighted by molar-refractivity contribution is 0.0944. The number of rotatable bonds is 2. The smallest absolute Gasteiger partial charge is 0.256 e. The van der Waals surface area contributed by atoms with Crippen LogP contribution in [0.5, 0.6) is 0 Å². The first-order valence-electron chi connectivity index (χ1n) is 4.77. The van der Waals surface area contributed by atoms with Crippen LogP contribution >= 0.6 is 0 Å². The van der Waals surface area contributed by atoms with Gasteiger partial charge >= 0.3 is 0 Å². The molecule has 0 aliphatic heterocycles. The lowest BCUT2D eigenvalue weighted by atomic mass is 10.3. The van der Waals surface area contributed by atoms with Gasteiger partial charge in [-0.2, -0.15) is 5.10 Å². The molecule has 0 aliphatic rings. The number of carbonyl (C=O) groups excluding carboxylic acids is 1. The maximum atomic E-state index is 11.7. The van der Waals surface area contributed by atoms with E-state index in [9.17, 15) is 4.79 Å². The second-order valence-corrected chi connectivity index (χ2v) is 3.57. The van der Waals surface area contributed by atoms with Gasteiger partial charge in [0, 0.05) is 18.4 Å². The minimum Gasteiger partial charge on any atom is -0.350 e. The highest BCUT2D eigenvalue weighted by Gasteiger charge is 2.13. The van der Waals surface area contributed by atoms with E-state index < -0.39 is 0 Å². The summed E-state index contributed by atoms with van der Waals surface area (Å²) < 4.78 is 1.58. The van der Waals surface area contributed by atoms with Crippen molar-refractivity contribution >= 4 is 11.6 Å². The highest BCUT2D eigenvalue weighted by atomic mass is 16.1. The Morgan fingerprint density at radius 1 is 1.53 bits per heavy atom. The first-order valence-corrected chi connectivity index (χ1v) is 4.77. The molecule has 0 unspecified atom stereocenters. The van der Waals surface area contributed by atoms with Crippen LogP contribution in [-0.2, 0) is 0 Å². The third-order valence-electron chi connectivity index (χ3n) is 1.94. The summed E-state index contributed by atoms with van der Waals surface area (Å²) in [4.78, 5) is 15.8. The second kappa shape index (κ2) is 3.68. The molecule has 1 N–H and O–H groups in total. The molecule has 15 heavy (non-hydrogen) atoms. The lowest BCUT2D eigenvalue weighted by Gasteiger charge is -2.06. The van der Waals surface area contributed by atoms with Gasteiger partial charge in [0.1, 0.15) is 5.56 Å². The molecule has 0 atom stereocenters. The predicted octanol–water partition coefficient (Wildman–Crippen LogP) is 0.867. The lowest BCUT2D eigenvalue weighted by Crippen LogP contribution is -2.30. The molecule has 2 heterocycles. The van der Waals surface area contributed by atoms with E-state index in [-0.39, 0.29) is 11.9 Å². The highest BCUT2D eigenvalue weighted by molar-refractivity contribution is 5.99. The monoisotopic (exact) mass is 204 g/mol. The maximum Gasteiger partial charge on any atom is 0.256 e. The summed E-state index contributed by atoms with van der Waals surface area (Å²) in [6, 6.07) is 1.88. The first-order chi connectivity index (χ1) is 7.18. The summed E-state index contributed by atoms with van der Waals surface area (Å²) in [5.41, 5.74) is 1.08. The number of nitrogens with one attached hydrogen (secondary N) is 1. The molecule has 2 rings (SSSR count). The molecule has 0 aromatic carbocycles. The van der Waals surface area contributed by atoms with Crippen LogP contribution in [0, 0.1) is 0 Å². The summed E-state index contributed by atoms with van der Waals surface area (Å²) in [5, 5.41) is 6.85. The van der Waals surface area contributed by atoms with E-state index in [0.29, 0.717) is 11.2 Å². The van der Waals surface area contributed by atoms with Gasteiger partial charge in [0.2, 0.25) is 0 Å². The van der Waals surface area contributed by atoms with Gasteiger partial charge in [0.15, 0.2) is 5.65 Å². The van der Waals surface area contributed by atoms with Crippen LogP contribution in [0.1, 0.15) is 24.2 Å². The minimum absolute atomic E-state index is 0.108. The summed E-state index contributed by atoms with van der Waals surface area (Å²) in [6.07, 6.45) is 4.93. The normalized spacial score (nSPS) is 10.9. The van der Waals surface area contributed by atoms with Gasteiger partial charge in [-0.25, -0.2) is 9.50 Å². The van der Waals surface area contributed by atoms with Gasteiger partial charge in [-0.05, 0) is 19.9 Å². The van der Waals surface area contributed by atoms with E-state index in [1.165, 1.54) is 6.20 Å². The van der Waals surface area contributed by atoms with Gasteiger partial charge in [-0.15, -0.1) is 0 Å². The average molecular weight is 204 g/mol. The van der Waals surface area contributed by atoms with Crippen molar-refractivity contribution in [2.24, 2.45) is 0 Å². The van der Waals surface area contributed by atoms with Gasteiger partial charge in [0.05, 0.1) is 6.20 Å². The summed E-state index contributed by atoms with van der Waals surface area (Å²) in [5.74, 6) is -0.140. The van der Waals surface area contributed by atoms with E-state index in [0.717, 1.165) is 0 Å². The van der Waals surface area contributed by atoms with Crippen molar-refractivity contribution in [1.29, 1.82) is 0 Å². The Labute approximate surface area is 87.1 Å². The molecule has 1 amide bonds. The predicted molar refractivity (Wildman–Crippen MR) is 55.6 cm³/mol. The van der Waals surface area contributed by atoms with E-state index in [1.54, 1.807) is 23.0 Å². The molecular formula is C10H12N4O.